The van der Waals surface area contributed by atoms with Crippen LogP contribution in [0.4, 0.5) is 0 Å². The first-order valence-corrected chi connectivity index (χ1v) is 6.53. The molecule has 0 saturated heterocycles. The van der Waals surface area contributed by atoms with Crippen molar-refractivity contribution in [1.82, 2.24) is 4.90 Å². The maximum Gasteiger partial charge on any atom is 0.234 e. The quantitative estimate of drug-likeness (QED) is 0.780. The van der Waals surface area contributed by atoms with Crippen LogP contribution in [0.1, 0.15) is 52.4 Å². The second-order valence-corrected chi connectivity index (χ2v) is 5.51. The highest BCUT2D eigenvalue weighted by Crippen LogP contribution is 2.24. The molecule has 1 rings (SSSR count). The lowest BCUT2D eigenvalue weighted by molar-refractivity contribution is -0.124. The van der Waals surface area contributed by atoms with Gasteiger partial charge < -0.3 is 5.73 Å². The SMILES string of the molecule is CC(C)C[C@@H](C(N)=O)N(C)C1CCCCC1. The first-order chi connectivity index (χ1) is 7.52. The van der Waals surface area contributed by atoms with Crippen molar-refractivity contribution in [2.45, 2.75) is 64.5 Å². The van der Waals surface area contributed by atoms with Gasteiger partial charge in [-0.1, -0.05) is 33.1 Å². The summed E-state index contributed by atoms with van der Waals surface area (Å²) < 4.78 is 0. The molecule has 2 N–H and O–H groups in total. The van der Waals surface area contributed by atoms with E-state index < -0.39 is 0 Å². The van der Waals surface area contributed by atoms with Crippen molar-refractivity contribution in [1.29, 1.82) is 0 Å². The van der Waals surface area contributed by atoms with Crippen molar-refractivity contribution < 1.29 is 4.79 Å². The van der Waals surface area contributed by atoms with E-state index in [1.54, 1.807) is 0 Å². The minimum absolute atomic E-state index is 0.0805. The lowest BCUT2D eigenvalue weighted by atomic mass is 9.92. The number of primary amides is 1. The van der Waals surface area contributed by atoms with Crippen LogP contribution in [0.2, 0.25) is 0 Å². The molecule has 1 aliphatic rings. The summed E-state index contributed by atoms with van der Waals surface area (Å²) in [4.78, 5) is 13.7. The molecule has 16 heavy (non-hydrogen) atoms. The fraction of sp³-hybridized carbons (Fsp3) is 0.923. The molecule has 1 aliphatic carbocycles. The summed E-state index contributed by atoms with van der Waals surface area (Å²) in [6.45, 7) is 4.29. The largest absolute Gasteiger partial charge is 0.368 e. The Morgan fingerprint density at radius 1 is 1.31 bits per heavy atom. The Morgan fingerprint density at radius 3 is 2.31 bits per heavy atom. The monoisotopic (exact) mass is 226 g/mol. The van der Waals surface area contributed by atoms with Gasteiger partial charge >= 0.3 is 0 Å². The lowest BCUT2D eigenvalue weighted by Gasteiger charge is -2.36. The van der Waals surface area contributed by atoms with Gasteiger partial charge in [-0.3, -0.25) is 9.69 Å². The van der Waals surface area contributed by atoms with Gasteiger partial charge in [0.15, 0.2) is 0 Å². The molecular weight excluding hydrogens is 200 g/mol. The van der Waals surface area contributed by atoms with Crippen molar-refractivity contribution in [3.8, 4) is 0 Å². The van der Waals surface area contributed by atoms with Crippen LogP contribution in [0.25, 0.3) is 0 Å². The van der Waals surface area contributed by atoms with Gasteiger partial charge in [0.1, 0.15) is 0 Å². The molecule has 3 heteroatoms. The molecule has 3 nitrogen and oxygen atoms in total. The zero-order valence-corrected chi connectivity index (χ0v) is 10.9. The van der Waals surface area contributed by atoms with Crippen LogP contribution in [0.3, 0.4) is 0 Å². The molecule has 0 aliphatic heterocycles. The third kappa shape index (κ3) is 3.78. The van der Waals surface area contributed by atoms with E-state index in [2.05, 4.69) is 25.8 Å². The average Bonchev–Trinajstić information content (AvgIpc) is 2.25. The van der Waals surface area contributed by atoms with Crippen molar-refractivity contribution in [2.75, 3.05) is 7.05 Å². The van der Waals surface area contributed by atoms with E-state index in [-0.39, 0.29) is 11.9 Å². The van der Waals surface area contributed by atoms with Crippen LogP contribution in [0, 0.1) is 5.92 Å². The van der Waals surface area contributed by atoms with Gasteiger partial charge in [0.25, 0.3) is 0 Å². The third-order valence-electron chi connectivity index (χ3n) is 3.67. The molecular formula is C13H26N2O. The fourth-order valence-corrected chi connectivity index (χ4v) is 2.67. The number of carbonyl (C=O) groups is 1. The maximum absolute atomic E-state index is 11.5. The second-order valence-electron chi connectivity index (χ2n) is 5.51. The van der Waals surface area contributed by atoms with Gasteiger partial charge in [0, 0.05) is 6.04 Å². The summed E-state index contributed by atoms with van der Waals surface area (Å²) in [7, 11) is 2.06. The molecule has 0 aromatic rings. The molecule has 1 fully saturated rings. The molecule has 0 aromatic heterocycles. The number of nitrogens with zero attached hydrogens (tertiary/aromatic N) is 1. The van der Waals surface area contributed by atoms with E-state index in [0.29, 0.717) is 12.0 Å². The van der Waals surface area contributed by atoms with E-state index in [9.17, 15) is 4.79 Å². The molecule has 0 aromatic carbocycles. The Balaban J connectivity index is 2.58. The molecule has 0 radical (unpaired) electrons. The molecule has 1 atom stereocenters. The highest BCUT2D eigenvalue weighted by molar-refractivity contribution is 5.79. The molecule has 0 spiro atoms. The zero-order valence-electron chi connectivity index (χ0n) is 10.9. The Morgan fingerprint density at radius 2 is 1.88 bits per heavy atom. The van der Waals surface area contributed by atoms with Crippen LogP contribution in [0.15, 0.2) is 0 Å². The smallest absolute Gasteiger partial charge is 0.234 e. The minimum atomic E-state index is -0.165. The summed E-state index contributed by atoms with van der Waals surface area (Å²) in [5.41, 5.74) is 5.51. The van der Waals surface area contributed by atoms with Gasteiger partial charge in [0.05, 0.1) is 6.04 Å². The van der Waals surface area contributed by atoms with Gasteiger partial charge in [-0.15, -0.1) is 0 Å². The first kappa shape index (κ1) is 13.5. The Kier molecular flexibility index (Phi) is 5.26. The first-order valence-electron chi connectivity index (χ1n) is 6.53. The number of amides is 1. The standard InChI is InChI=1S/C13H26N2O/c1-10(2)9-12(13(14)16)15(3)11-7-5-4-6-8-11/h10-12H,4-9H2,1-3H3,(H2,14,16)/t12-/m0/s1. The third-order valence-corrected chi connectivity index (χ3v) is 3.67. The molecule has 94 valence electrons. The van der Waals surface area contributed by atoms with E-state index >= 15 is 0 Å². The van der Waals surface area contributed by atoms with E-state index in [1.165, 1.54) is 32.1 Å². The van der Waals surface area contributed by atoms with E-state index in [0.717, 1.165) is 6.42 Å². The fourth-order valence-electron chi connectivity index (χ4n) is 2.67. The summed E-state index contributed by atoms with van der Waals surface area (Å²) >= 11 is 0. The zero-order chi connectivity index (χ0) is 12.1. The second kappa shape index (κ2) is 6.24. The van der Waals surface area contributed by atoms with Gasteiger partial charge in [-0.25, -0.2) is 0 Å². The summed E-state index contributed by atoms with van der Waals surface area (Å²) in [6.07, 6.45) is 7.25. The number of rotatable bonds is 5. The lowest BCUT2D eigenvalue weighted by Crippen LogP contribution is -2.48. The van der Waals surface area contributed by atoms with Crippen molar-refractivity contribution >= 4 is 5.91 Å². The van der Waals surface area contributed by atoms with Crippen LogP contribution in [-0.2, 0) is 4.79 Å². The Bertz CT molecular complexity index is 222. The van der Waals surface area contributed by atoms with Crippen molar-refractivity contribution in [3.63, 3.8) is 0 Å². The molecule has 1 saturated carbocycles. The van der Waals surface area contributed by atoms with E-state index in [1.807, 2.05) is 0 Å². The van der Waals surface area contributed by atoms with E-state index in [4.69, 9.17) is 5.73 Å². The van der Waals surface area contributed by atoms with Gasteiger partial charge in [-0.2, -0.15) is 0 Å². The highest BCUT2D eigenvalue weighted by atomic mass is 16.1. The summed E-state index contributed by atoms with van der Waals surface area (Å²) in [5.74, 6) is 0.352. The number of hydrogen-bond donors (Lipinski definition) is 1. The maximum atomic E-state index is 11.5. The normalized spacial score (nSPS) is 20.3. The number of hydrogen-bond acceptors (Lipinski definition) is 2. The Labute approximate surface area is 99.4 Å². The van der Waals surface area contributed by atoms with Crippen LogP contribution >= 0.6 is 0 Å². The van der Waals surface area contributed by atoms with Crippen LogP contribution < -0.4 is 5.73 Å². The van der Waals surface area contributed by atoms with Crippen molar-refractivity contribution in [3.05, 3.63) is 0 Å². The minimum Gasteiger partial charge on any atom is -0.368 e. The highest BCUT2D eigenvalue weighted by Gasteiger charge is 2.28. The van der Waals surface area contributed by atoms with Crippen LogP contribution in [0.5, 0.6) is 0 Å². The number of likely N-dealkylation sites (N-methyl/N-ethyl adjacent to an activating group) is 1. The average molecular weight is 226 g/mol. The topological polar surface area (TPSA) is 46.3 Å². The van der Waals surface area contributed by atoms with Gasteiger partial charge in [-0.05, 0) is 32.2 Å². The predicted octanol–water partition coefficient (Wildman–Crippen LogP) is 2.15. The molecule has 0 bridgehead atoms. The van der Waals surface area contributed by atoms with Crippen LogP contribution in [-0.4, -0.2) is 29.9 Å². The molecule has 1 amide bonds. The van der Waals surface area contributed by atoms with Gasteiger partial charge in [0.2, 0.25) is 5.91 Å². The summed E-state index contributed by atoms with van der Waals surface area (Å²) in [6, 6.07) is 0.480. The Hall–Kier alpha value is -0.570. The molecule has 0 heterocycles. The number of carbonyl (C=O) groups excluding carboxylic acids is 1. The number of nitrogens with two attached hydrogens (primary N) is 1. The van der Waals surface area contributed by atoms with Crippen molar-refractivity contribution in [2.24, 2.45) is 11.7 Å². The summed E-state index contributed by atoms with van der Waals surface area (Å²) in [5, 5.41) is 0. The predicted molar refractivity (Wildman–Crippen MR) is 67.1 cm³/mol. The molecule has 0 unspecified atom stereocenters.